The van der Waals surface area contributed by atoms with Crippen molar-refractivity contribution in [1.82, 2.24) is 5.32 Å². The molecule has 1 aromatic carbocycles. The molecule has 4 N–H and O–H groups in total. The molecule has 0 spiro atoms. The van der Waals surface area contributed by atoms with Crippen molar-refractivity contribution >= 4 is 29.9 Å². The Morgan fingerprint density at radius 2 is 2.04 bits per heavy atom. The zero-order valence-corrected chi connectivity index (χ0v) is 15.9. The highest BCUT2D eigenvalue weighted by molar-refractivity contribution is 5.90. The van der Waals surface area contributed by atoms with Gasteiger partial charge in [0.05, 0.1) is 0 Å². The summed E-state index contributed by atoms with van der Waals surface area (Å²) in [6.45, 7) is 5.09. The third kappa shape index (κ3) is 6.67. The van der Waals surface area contributed by atoms with E-state index in [4.69, 9.17) is 5.73 Å². The number of amides is 2. The van der Waals surface area contributed by atoms with Gasteiger partial charge in [-0.2, -0.15) is 0 Å². The molecule has 5 nitrogen and oxygen atoms in total. The van der Waals surface area contributed by atoms with Crippen molar-refractivity contribution in [1.29, 1.82) is 0 Å². The Kier molecular flexibility index (Phi) is 8.93. The van der Waals surface area contributed by atoms with Gasteiger partial charge in [-0.15, -0.1) is 12.4 Å². The van der Waals surface area contributed by atoms with Gasteiger partial charge in [-0.25, -0.2) is 0 Å². The van der Waals surface area contributed by atoms with Gasteiger partial charge in [0, 0.05) is 24.6 Å². The average molecular weight is 368 g/mol. The quantitative estimate of drug-likeness (QED) is 0.692. The summed E-state index contributed by atoms with van der Waals surface area (Å²) in [5.41, 5.74) is 7.50. The van der Waals surface area contributed by atoms with E-state index in [1.807, 2.05) is 38.1 Å². The van der Waals surface area contributed by atoms with Gasteiger partial charge in [0.2, 0.25) is 11.8 Å². The highest BCUT2D eigenvalue weighted by atomic mass is 35.5. The predicted molar refractivity (Wildman–Crippen MR) is 104 cm³/mol. The first-order valence-corrected chi connectivity index (χ1v) is 8.86. The fourth-order valence-electron chi connectivity index (χ4n) is 3.33. The minimum absolute atomic E-state index is 0. The molecule has 1 saturated carbocycles. The summed E-state index contributed by atoms with van der Waals surface area (Å²) in [6, 6.07) is 7.62. The Balaban J connectivity index is 0.00000312. The fourth-order valence-corrected chi connectivity index (χ4v) is 3.33. The number of anilines is 1. The molecule has 2 amide bonds. The molecule has 0 bridgehead atoms. The number of carbonyl (C=O) groups excluding carboxylic acids is 2. The second kappa shape index (κ2) is 10.4. The molecule has 2 rings (SSSR count). The Labute approximate surface area is 156 Å². The maximum Gasteiger partial charge on any atom is 0.224 e. The summed E-state index contributed by atoms with van der Waals surface area (Å²) in [5, 5.41) is 5.92. The molecule has 0 unspecified atom stereocenters. The molecule has 6 heteroatoms. The molecule has 25 heavy (non-hydrogen) atoms. The van der Waals surface area contributed by atoms with Crippen LogP contribution >= 0.6 is 12.4 Å². The van der Waals surface area contributed by atoms with E-state index in [1.54, 1.807) is 0 Å². The third-order valence-corrected chi connectivity index (χ3v) is 4.57. The number of rotatable bonds is 7. The predicted octanol–water partition coefficient (Wildman–Crippen LogP) is 3.08. The Bertz CT molecular complexity index is 578. The Hall–Kier alpha value is -1.59. The third-order valence-electron chi connectivity index (χ3n) is 4.57. The summed E-state index contributed by atoms with van der Waals surface area (Å²) < 4.78 is 0. The lowest BCUT2D eigenvalue weighted by molar-refractivity contribution is -0.126. The first-order chi connectivity index (χ1) is 11.5. The van der Waals surface area contributed by atoms with E-state index in [1.165, 1.54) is 0 Å². The number of halogens is 1. The summed E-state index contributed by atoms with van der Waals surface area (Å²) in [5.74, 6) is 0.796. The molecular formula is C19H30ClN3O2. The first-order valence-electron chi connectivity index (χ1n) is 8.86. The van der Waals surface area contributed by atoms with Gasteiger partial charge in [0.25, 0.3) is 0 Å². The zero-order valence-electron chi connectivity index (χ0n) is 15.1. The largest absolute Gasteiger partial charge is 0.352 e. The molecule has 1 aromatic rings. The van der Waals surface area contributed by atoms with E-state index in [0.717, 1.165) is 30.5 Å². The van der Waals surface area contributed by atoms with Crippen LogP contribution in [0.4, 0.5) is 5.69 Å². The van der Waals surface area contributed by atoms with E-state index >= 15 is 0 Å². The van der Waals surface area contributed by atoms with Crippen molar-refractivity contribution in [2.75, 3.05) is 11.9 Å². The van der Waals surface area contributed by atoms with Gasteiger partial charge >= 0.3 is 0 Å². The number of hydrogen-bond donors (Lipinski definition) is 3. The smallest absolute Gasteiger partial charge is 0.224 e. The van der Waals surface area contributed by atoms with Gasteiger partial charge in [-0.3, -0.25) is 9.59 Å². The summed E-state index contributed by atoms with van der Waals surface area (Å²) in [4.78, 5) is 24.2. The Morgan fingerprint density at radius 1 is 1.28 bits per heavy atom. The number of carbonyl (C=O) groups is 2. The van der Waals surface area contributed by atoms with Gasteiger partial charge in [0.15, 0.2) is 0 Å². The van der Waals surface area contributed by atoms with Crippen LogP contribution < -0.4 is 16.4 Å². The first kappa shape index (κ1) is 21.5. The molecule has 140 valence electrons. The minimum atomic E-state index is 0. The van der Waals surface area contributed by atoms with E-state index in [-0.39, 0.29) is 30.1 Å². The maximum atomic E-state index is 12.3. The van der Waals surface area contributed by atoms with Crippen LogP contribution in [-0.2, 0) is 16.1 Å². The standard InChI is InChI=1S/C19H29N3O2.ClH/c1-13(2)9-18(23)22-16-7-3-5-14(10-16)12-21-19(24)17-8-4-6-15(17)11-20;/h3,5,7,10,13,15,17H,4,6,8-9,11-12,20H2,1-2H3,(H,21,24)(H,22,23);1H/t15-,17-;/m1./s1. The lowest BCUT2D eigenvalue weighted by atomic mass is 9.95. The average Bonchev–Trinajstić information content (AvgIpc) is 3.00. The highest BCUT2D eigenvalue weighted by Crippen LogP contribution is 2.31. The molecule has 0 heterocycles. The van der Waals surface area contributed by atoms with Gasteiger partial charge in [0.1, 0.15) is 0 Å². The second-order valence-corrected chi connectivity index (χ2v) is 7.10. The van der Waals surface area contributed by atoms with E-state index in [9.17, 15) is 9.59 Å². The highest BCUT2D eigenvalue weighted by Gasteiger charge is 2.31. The summed E-state index contributed by atoms with van der Waals surface area (Å²) >= 11 is 0. The van der Waals surface area contributed by atoms with Crippen molar-refractivity contribution in [2.45, 2.75) is 46.1 Å². The van der Waals surface area contributed by atoms with Crippen molar-refractivity contribution in [3.05, 3.63) is 29.8 Å². The number of nitrogens with one attached hydrogen (secondary N) is 2. The van der Waals surface area contributed by atoms with Crippen LogP contribution in [0.1, 0.15) is 45.1 Å². The summed E-state index contributed by atoms with van der Waals surface area (Å²) in [7, 11) is 0. The molecule has 0 aromatic heterocycles. The van der Waals surface area contributed by atoms with Gasteiger partial charge in [-0.1, -0.05) is 32.4 Å². The van der Waals surface area contributed by atoms with Crippen LogP contribution in [0.3, 0.4) is 0 Å². The second-order valence-electron chi connectivity index (χ2n) is 7.10. The lowest BCUT2D eigenvalue weighted by Crippen LogP contribution is -2.34. The number of nitrogens with two attached hydrogens (primary N) is 1. The molecule has 1 aliphatic rings. The maximum absolute atomic E-state index is 12.3. The van der Waals surface area contributed by atoms with E-state index in [2.05, 4.69) is 10.6 Å². The van der Waals surface area contributed by atoms with Crippen LogP contribution in [0.2, 0.25) is 0 Å². The lowest BCUT2D eigenvalue weighted by Gasteiger charge is -2.17. The minimum Gasteiger partial charge on any atom is -0.352 e. The van der Waals surface area contributed by atoms with Crippen molar-refractivity contribution in [2.24, 2.45) is 23.5 Å². The molecule has 0 saturated heterocycles. The van der Waals surface area contributed by atoms with Crippen LogP contribution in [0, 0.1) is 17.8 Å². The normalized spacial score (nSPS) is 19.4. The molecule has 0 aliphatic heterocycles. The van der Waals surface area contributed by atoms with Gasteiger partial charge in [-0.05, 0) is 48.9 Å². The monoisotopic (exact) mass is 367 g/mol. The molecule has 1 fully saturated rings. The van der Waals surface area contributed by atoms with Crippen LogP contribution in [0.5, 0.6) is 0 Å². The van der Waals surface area contributed by atoms with Crippen LogP contribution in [0.15, 0.2) is 24.3 Å². The van der Waals surface area contributed by atoms with E-state index in [0.29, 0.717) is 31.3 Å². The fraction of sp³-hybridized carbons (Fsp3) is 0.579. The van der Waals surface area contributed by atoms with Crippen molar-refractivity contribution in [3.8, 4) is 0 Å². The SMILES string of the molecule is CC(C)CC(=O)Nc1cccc(CNC(=O)[C@@H]2CCC[C@@H]2CN)c1.Cl. The number of benzene rings is 1. The van der Waals surface area contributed by atoms with Crippen molar-refractivity contribution in [3.63, 3.8) is 0 Å². The molecule has 1 aliphatic carbocycles. The summed E-state index contributed by atoms with van der Waals surface area (Å²) in [6.07, 6.45) is 3.56. The van der Waals surface area contributed by atoms with E-state index < -0.39 is 0 Å². The molecule has 0 radical (unpaired) electrons. The topological polar surface area (TPSA) is 84.2 Å². The number of hydrogen-bond acceptors (Lipinski definition) is 3. The molecular weight excluding hydrogens is 338 g/mol. The zero-order chi connectivity index (χ0) is 17.5. The van der Waals surface area contributed by atoms with Crippen LogP contribution in [-0.4, -0.2) is 18.4 Å². The van der Waals surface area contributed by atoms with Gasteiger partial charge < -0.3 is 16.4 Å². The Morgan fingerprint density at radius 3 is 2.72 bits per heavy atom. The van der Waals surface area contributed by atoms with Crippen molar-refractivity contribution < 1.29 is 9.59 Å². The van der Waals surface area contributed by atoms with Crippen LogP contribution in [0.25, 0.3) is 0 Å². The molecule has 2 atom stereocenters.